The van der Waals surface area contributed by atoms with Crippen molar-refractivity contribution in [1.29, 1.82) is 0 Å². The van der Waals surface area contributed by atoms with Crippen molar-refractivity contribution in [3.05, 3.63) is 318 Å². The molecule has 9 aromatic carbocycles. The largest absolute Gasteiger partial charge is 0.488 e. The molecule has 28 nitrogen and oxygen atoms in total. The molecule has 0 aliphatic heterocycles. The molecular formula is C119H152N10O18. The van der Waals surface area contributed by atoms with Crippen LogP contribution in [0.15, 0.2) is 267 Å². The van der Waals surface area contributed by atoms with Gasteiger partial charge in [-0.05, 0) is 271 Å². The molecule has 147 heavy (non-hydrogen) atoms. The third-order valence-electron chi connectivity index (χ3n) is 22.9. The number of aromatic nitrogens is 4. The van der Waals surface area contributed by atoms with Crippen LogP contribution in [0.4, 0.5) is 4.79 Å². The standard InChI is InChI=1S/C44H49N3O6.C29H39N3O4.C16H22N2O2.C14H20O3.C10H7NO.C6H15NO2/c1-6-50-41(51-7-2)28-47(27-31-14-12-20-39-33(31)19-13-25-45-39)42(48)40(26-30-21-23-32(24-22-30)53-44(3,4)5)46-43(49)52-29-38-36-17-10-8-15-34(36)35-16-9-11-18-37(35)38;1-6-34-27(35-7-2)20-32(19-22-10-8-12-26-24(22)11-9-17-31-26)28(33)25(30)18-21-13-15-23(16-14-21)36-29(3,4)5;1-3-19-16(20-4-2)12-17-11-13-7-5-9-15-14(13)8-6-10-18-15;1-10(13(15)16)9-11-5-7-12(8-6-11)17-14(2,3)4;12-7-8-3-1-5-10-9(8)4-2-6-11-10;1-3-8-6(5-7)9-4-2/h8-25,38,40-41H,6-7,26-29H2,1-5H3,(H,46,49);8-17,25,27H,6-7,18-20,30H2,1-5H3;5-10,16-17H,3-4,11-12H2,1-2H3;5-8,10H,9H2,1-4H3,(H,15,16);1-7H;6H,3-5,7H2,1-2H3/t40-;25-;;10-;;/m00.0../s1. The Hall–Kier alpha value is -13.1. The number of nitrogens with one attached hydrogen (secondary N) is 2. The molecule has 4 aromatic heterocycles. The molecule has 3 atom stereocenters. The Morgan fingerprint density at radius 3 is 1.16 bits per heavy atom. The number of aldehydes is 1. The van der Waals surface area contributed by atoms with Gasteiger partial charge in [-0.15, -0.1) is 0 Å². The van der Waals surface area contributed by atoms with Crippen molar-refractivity contribution in [3.8, 4) is 28.4 Å². The molecule has 0 spiro atoms. The lowest BCUT2D eigenvalue weighted by atomic mass is 9.98. The predicted octanol–water partition coefficient (Wildman–Crippen LogP) is 21.2. The molecule has 786 valence electrons. The van der Waals surface area contributed by atoms with Crippen molar-refractivity contribution < 1.29 is 85.9 Å². The van der Waals surface area contributed by atoms with Crippen LogP contribution in [0.25, 0.3) is 54.7 Å². The number of alkyl carbamates (subject to hydrolysis) is 1. The zero-order chi connectivity index (χ0) is 106. The molecule has 7 N–H and O–H groups in total. The monoisotopic (exact) mass is 2010 g/mol. The van der Waals surface area contributed by atoms with E-state index < -0.39 is 36.7 Å². The fourth-order valence-electron chi connectivity index (χ4n) is 16.5. The maximum Gasteiger partial charge on any atom is 0.407 e. The molecule has 4 heterocycles. The van der Waals surface area contributed by atoms with Gasteiger partial charge in [0, 0.05) is 150 Å². The number of fused-ring (bicyclic) bond motifs is 7. The van der Waals surface area contributed by atoms with Crippen LogP contribution in [0.2, 0.25) is 0 Å². The molecule has 0 saturated carbocycles. The van der Waals surface area contributed by atoms with Gasteiger partial charge in [0.05, 0.1) is 47.1 Å². The van der Waals surface area contributed by atoms with Gasteiger partial charge in [-0.25, -0.2) is 4.79 Å². The Balaban J connectivity index is 0.000000219. The number of carboxylic acid groups (broad SMARTS) is 1. The molecule has 14 rings (SSSR count). The van der Waals surface area contributed by atoms with Gasteiger partial charge in [-0.3, -0.25) is 39.1 Å². The van der Waals surface area contributed by atoms with Crippen LogP contribution in [-0.4, -0.2) is 205 Å². The molecule has 3 amide bonds. The average molecular weight is 2010 g/mol. The summed E-state index contributed by atoms with van der Waals surface area (Å²) >= 11 is 0. The molecule has 0 radical (unpaired) electrons. The summed E-state index contributed by atoms with van der Waals surface area (Å²) in [5.41, 5.74) is 25.7. The fourth-order valence-corrected chi connectivity index (χ4v) is 16.5. The molecule has 13 aromatic rings. The molecule has 1 aliphatic rings. The van der Waals surface area contributed by atoms with E-state index in [4.69, 9.17) is 73.4 Å². The van der Waals surface area contributed by atoms with E-state index in [9.17, 15) is 24.0 Å². The third-order valence-corrected chi connectivity index (χ3v) is 22.9. The number of benzene rings is 9. The van der Waals surface area contributed by atoms with Crippen molar-refractivity contribution in [1.82, 2.24) is 40.4 Å². The van der Waals surface area contributed by atoms with E-state index in [0.29, 0.717) is 90.9 Å². The summed E-state index contributed by atoms with van der Waals surface area (Å²) in [6, 6.07) is 76.8. The van der Waals surface area contributed by atoms with E-state index in [1.807, 2.05) is 324 Å². The van der Waals surface area contributed by atoms with Gasteiger partial charge in [-0.1, -0.05) is 165 Å². The zero-order valence-electron chi connectivity index (χ0n) is 88.8. The van der Waals surface area contributed by atoms with Gasteiger partial charge < -0.3 is 93.8 Å². The molecule has 0 bridgehead atoms. The lowest BCUT2D eigenvalue weighted by molar-refractivity contribution is -0.160. The molecule has 0 saturated heterocycles. The highest BCUT2D eigenvalue weighted by atomic mass is 16.7. The van der Waals surface area contributed by atoms with Gasteiger partial charge >= 0.3 is 12.1 Å². The summed E-state index contributed by atoms with van der Waals surface area (Å²) in [4.78, 5) is 84.4. The molecule has 28 heteroatoms. The summed E-state index contributed by atoms with van der Waals surface area (Å²) in [5.74, 6) is 0.625. The van der Waals surface area contributed by atoms with Crippen LogP contribution in [0, 0.1) is 5.92 Å². The number of carboxylic acids is 1. The van der Waals surface area contributed by atoms with Crippen LogP contribution in [0.3, 0.4) is 0 Å². The van der Waals surface area contributed by atoms with E-state index >= 15 is 0 Å². The Bertz CT molecular complexity index is 6070. The topological polar surface area (TPSA) is 350 Å². The first-order chi connectivity index (χ1) is 70.7. The van der Waals surface area contributed by atoms with Gasteiger partial charge in [0.15, 0.2) is 31.4 Å². The number of carbonyl (C=O) groups is 5. The number of nitrogens with zero attached hydrogens (tertiary/aromatic N) is 6. The Kier molecular flexibility index (Phi) is 48.7. The second-order valence-electron chi connectivity index (χ2n) is 37.7. The van der Waals surface area contributed by atoms with Gasteiger partial charge in [0.25, 0.3) is 0 Å². The van der Waals surface area contributed by atoms with Crippen LogP contribution in [-0.2, 0) is 95.9 Å². The number of aliphatic carboxylic acids is 1. The van der Waals surface area contributed by atoms with Crippen LogP contribution in [0.5, 0.6) is 17.2 Å². The maximum atomic E-state index is 14.8. The van der Waals surface area contributed by atoms with Crippen LogP contribution >= 0.6 is 0 Å². The first-order valence-corrected chi connectivity index (χ1v) is 50.8. The number of amides is 3. The summed E-state index contributed by atoms with van der Waals surface area (Å²) in [6.07, 6.45) is 6.84. The number of ether oxygens (including phenoxy) is 12. The molecule has 0 unspecified atom stereocenters. The van der Waals surface area contributed by atoms with Crippen molar-refractivity contribution in [2.75, 3.05) is 85.6 Å². The Labute approximate surface area is 867 Å². The minimum atomic E-state index is -0.961. The van der Waals surface area contributed by atoms with E-state index in [0.717, 1.165) is 118 Å². The van der Waals surface area contributed by atoms with Gasteiger partial charge in [0.2, 0.25) is 11.8 Å². The highest BCUT2D eigenvalue weighted by Crippen LogP contribution is 2.45. The number of hydrogen-bond acceptors (Lipinski definition) is 24. The highest BCUT2D eigenvalue weighted by Gasteiger charge is 2.34. The Morgan fingerprint density at radius 1 is 0.408 bits per heavy atom. The minimum absolute atomic E-state index is 0.118. The highest BCUT2D eigenvalue weighted by molar-refractivity contribution is 5.96. The van der Waals surface area contributed by atoms with E-state index in [2.05, 4.69) is 67.0 Å². The number of nitrogens with two attached hydrogens (primary N) is 2. The van der Waals surface area contributed by atoms with Gasteiger partial charge in [0.1, 0.15) is 46.7 Å². The molecule has 0 fully saturated rings. The summed E-state index contributed by atoms with van der Waals surface area (Å²) in [5, 5.41) is 19.2. The summed E-state index contributed by atoms with van der Waals surface area (Å²) in [7, 11) is 0. The minimum Gasteiger partial charge on any atom is -0.488 e. The smallest absolute Gasteiger partial charge is 0.407 e. The summed E-state index contributed by atoms with van der Waals surface area (Å²) < 4.78 is 68.1. The first kappa shape index (κ1) is 117. The number of carbonyl (C=O) groups excluding carboxylic acids is 4. The van der Waals surface area contributed by atoms with Crippen molar-refractivity contribution in [2.45, 2.75) is 223 Å². The van der Waals surface area contributed by atoms with Crippen LogP contribution < -0.4 is 36.3 Å². The van der Waals surface area contributed by atoms with E-state index in [1.165, 1.54) is 10.9 Å². The fraction of sp³-hybridized carbons (Fsp3) is 0.403. The summed E-state index contributed by atoms with van der Waals surface area (Å²) in [6.45, 7) is 42.6. The zero-order valence-corrected chi connectivity index (χ0v) is 88.8. The van der Waals surface area contributed by atoms with E-state index in [1.54, 1.807) is 41.4 Å². The molecule has 1 aliphatic carbocycles. The van der Waals surface area contributed by atoms with Crippen molar-refractivity contribution >= 4 is 73.8 Å². The maximum absolute atomic E-state index is 14.8. The SMILES string of the molecule is CCOC(CN(Cc1cccc2ncccc12)C(=O)[C@@H](N)Cc1ccc(OC(C)(C)C)cc1)OCC.CCOC(CN(Cc1cccc2ncccc12)C(=O)[C@H](Cc1ccc(OC(C)(C)C)cc1)NC(=O)OCC1c2ccccc2-c2ccccc21)OCC.CCOC(CN)OCC.CCOC(CNCc1cccc2ncccc12)OCC.C[C@@H](Cc1ccc(OC(C)(C)C)cc1)C(=O)O.O=Cc1cccc2ncccc12. The van der Waals surface area contributed by atoms with Crippen molar-refractivity contribution in [3.63, 3.8) is 0 Å². The van der Waals surface area contributed by atoms with Gasteiger partial charge in [-0.2, -0.15) is 0 Å². The molecular weight excluding hydrogens is 1860 g/mol. The van der Waals surface area contributed by atoms with Crippen LogP contribution in [0.1, 0.15) is 185 Å². The number of hydrogen-bond donors (Lipinski definition) is 5. The normalized spacial score (nSPS) is 12.3. The quantitative estimate of drug-likeness (QED) is 0.0175. The lowest BCUT2D eigenvalue weighted by Crippen LogP contribution is -2.51. The van der Waals surface area contributed by atoms with E-state index in [-0.39, 0.29) is 85.7 Å². The average Bonchev–Trinajstić information content (AvgIpc) is 1.63. The number of rotatable bonds is 45. The Morgan fingerprint density at radius 2 is 0.762 bits per heavy atom. The number of pyridine rings is 4. The van der Waals surface area contributed by atoms with Crippen molar-refractivity contribution in [2.24, 2.45) is 17.4 Å². The predicted molar refractivity (Wildman–Crippen MR) is 580 cm³/mol. The second kappa shape index (κ2) is 60.9. The lowest BCUT2D eigenvalue weighted by Gasteiger charge is -2.31. The third kappa shape index (κ3) is 39.3. The second-order valence-corrected chi connectivity index (χ2v) is 37.7. The first-order valence-electron chi connectivity index (χ1n) is 50.8.